The Balaban J connectivity index is 1.49. The summed E-state index contributed by atoms with van der Waals surface area (Å²) >= 11 is 0. The predicted molar refractivity (Wildman–Crippen MR) is 137 cm³/mol. The van der Waals surface area contributed by atoms with Gasteiger partial charge in [-0.1, -0.05) is 42.5 Å². The molecule has 1 heterocycles. The number of alkyl carbamates (subject to hydrolysis) is 1. The minimum atomic E-state index is -0.510. The van der Waals surface area contributed by atoms with Crippen LogP contribution in [0.3, 0.4) is 0 Å². The Morgan fingerprint density at radius 1 is 1.08 bits per heavy atom. The third kappa shape index (κ3) is 8.37. The second-order valence-electron chi connectivity index (χ2n) is 9.44. The highest BCUT2D eigenvalue weighted by molar-refractivity contribution is 5.90. The zero-order valence-corrected chi connectivity index (χ0v) is 21.1. The van der Waals surface area contributed by atoms with Gasteiger partial charge >= 0.3 is 6.09 Å². The summed E-state index contributed by atoms with van der Waals surface area (Å²) in [5.74, 6) is -0.357. The van der Waals surface area contributed by atoms with E-state index in [1.54, 1.807) is 0 Å². The van der Waals surface area contributed by atoms with Crippen LogP contribution in [0.2, 0.25) is 0 Å². The molecule has 1 aliphatic rings. The van der Waals surface area contributed by atoms with E-state index in [1.165, 1.54) is 0 Å². The average Bonchev–Trinajstić information content (AvgIpc) is 3.42. The molecule has 1 saturated heterocycles. The van der Waals surface area contributed by atoms with E-state index < -0.39 is 12.0 Å². The Labute approximate surface area is 212 Å². The molecule has 0 radical (unpaired) electrons. The number of ether oxygens (including phenoxy) is 1. The van der Waals surface area contributed by atoms with Crippen LogP contribution in [0.5, 0.6) is 5.75 Å². The van der Waals surface area contributed by atoms with Crippen LogP contribution < -0.4 is 16.0 Å². The number of amides is 2. The topological polar surface area (TPSA) is 117 Å². The van der Waals surface area contributed by atoms with Gasteiger partial charge < -0.3 is 25.8 Å². The minimum Gasteiger partial charge on any atom is -0.507 e. The first-order chi connectivity index (χ1) is 17.3. The Kier molecular flexibility index (Phi) is 10.3. The van der Waals surface area contributed by atoms with Crippen molar-refractivity contribution in [3.05, 3.63) is 64.7 Å². The maximum Gasteiger partial charge on any atom is 0.407 e. The zero-order chi connectivity index (χ0) is 25.9. The van der Waals surface area contributed by atoms with Gasteiger partial charge in [-0.2, -0.15) is 0 Å². The van der Waals surface area contributed by atoms with Crippen LogP contribution in [0.4, 0.5) is 4.79 Å². The number of carbonyl (C=O) groups is 3. The third-order valence-electron chi connectivity index (χ3n) is 6.50. The summed E-state index contributed by atoms with van der Waals surface area (Å²) in [4.78, 5) is 37.8. The Hall–Kier alpha value is -3.39. The Bertz CT molecular complexity index is 1010. The number of ketones is 1. The van der Waals surface area contributed by atoms with Crippen LogP contribution >= 0.6 is 0 Å². The molecule has 1 fully saturated rings. The largest absolute Gasteiger partial charge is 0.507 e. The highest BCUT2D eigenvalue weighted by Gasteiger charge is 2.28. The maximum absolute atomic E-state index is 13.0. The lowest BCUT2D eigenvalue weighted by molar-refractivity contribution is -0.130. The van der Waals surface area contributed by atoms with Crippen LogP contribution in [0.15, 0.2) is 42.5 Å². The second-order valence-corrected chi connectivity index (χ2v) is 9.44. The first-order valence-corrected chi connectivity index (χ1v) is 12.6. The van der Waals surface area contributed by atoms with Gasteiger partial charge in [-0.05, 0) is 68.3 Å². The lowest BCUT2D eigenvalue weighted by atomic mass is 9.92. The molecule has 3 rings (SSSR count). The normalized spacial score (nSPS) is 15.8. The van der Waals surface area contributed by atoms with Gasteiger partial charge in [0.05, 0.1) is 6.04 Å². The number of rotatable bonds is 12. The summed E-state index contributed by atoms with van der Waals surface area (Å²) in [7, 11) is 0. The predicted octanol–water partition coefficient (Wildman–Crippen LogP) is 3.66. The number of phenolic OH excluding ortho intramolecular Hbond substituents is 1. The molecule has 2 aromatic rings. The van der Waals surface area contributed by atoms with Gasteiger partial charge in [-0.15, -0.1) is 0 Å². The number of nitrogens with one attached hydrogen (secondary N) is 3. The van der Waals surface area contributed by atoms with Crippen molar-refractivity contribution in [3.8, 4) is 5.75 Å². The van der Waals surface area contributed by atoms with Gasteiger partial charge in [0.25, 0.3) is 0 Å². The molecule has 0 aliphatic carbocycles. The number of aryl methyl sites for hydroxylation is 2. The molecule has 0 unspecified atom stereocenters. The van der Waals surface area contributed by atoms with Gasteiger partial charge in [0.1, 0.15) is 12.4 Å². The van der Waals surface area contributed by atoms with Crippen molar-refractivity contribution in [1.29, 1.82) is 0 Å². The molecule has 2 aromatic carbocycles. The number of Topliss-reactive ketones (excluding diaryl/α,β-unsaturated/α-hetero) is 1. The van der Waals surface area contributed by atoms with Crippen LogP contribution in [-0.2, 0) is 27.5 Å². The second kappa shape index (κ2) is 13.6. The highest BCUT2D eigenvalue weighted by Crippen LogP contribution is 2.23. The maximum atomic E-state index is 13.0. The lowest BCUT2D eigenvalue weighted by Crippen LogP contribution is -2.37. The molecule has 4 N–H and O–H groups in total. The fourth-order valence-corrected chi connectivity index (χ4v) is 4.46. The van der Waals surface area contributed by atoms with Gasteiger partial charge in [-0.3, -0.25) is 9.59 Å². The van der Waals surface area contributed by atoms with E-state index in [4.69, 9.17) is 4.74 Å². The summed E-state index contributed by atoms with van der Waals surface area (Å²) in [5.41, 5.74) is 3.30. The first-order valence-electron chi connectivity index (χ1n) is 12.6. The monoisotopic (exact) mass is 495 g/mol. The standard InChI is InChI=1S/C28H37N3O5/c1-19-14-22(15-20(2)26(19)33)17-31-27(34)23(16-25(32)24-11-7-12-29-24)10-6-13-30-28(35)36-18-21-8-4-3-5-9-21/h3-5,8-9,14-15,23-24,29,33H,6-7,10-13,16-18H2,1-2H3,(H,30,35)(H,31,34)/t23-,24+/m1/s1. The minimum absolute atomic E-state index is 0.0548. The molecule has 2 amide bonds. The molecule has 0 bridgehead atoms. The van der Waals surface area contributed by atoms with Crippen molar-refractivity contribution in [2.45, 2.75) is 65.1 Å². The van der Waals surface area contributed by atoms with E-state index in [-0.39, 0.29) is 36.5 Å². The Morgan fingerprint density at radius 3 is 2.47 bits per heavy atom. The van der Waals surface area contributed by atoms with Crippen LogP contribution in [-0.4, -0.2) is 42.0 Å². The van der Waals surface area contributed by atoms with Crippen molar-refractivity contribution in [2.24, 2.45) is 5.92 Å². The van der Waals surface area contributed by atoms with Gasteiger partial charge in [0.15, 0.2) is 5.78 Å². The van der Waals surface area contributed by atoms with Gasteiger partial charge in [0, 0.05) is 25.4 Å². The van der Waals surface area contributed by atoms with Crippen molar-refractivity contribution >= 4 is 17.8 Å². The molecule has 36 heavy (non-hydrogen) atoms. The summed E-state index contributed by atoms with van der Waals surface area (Å²) in [6, 6.07) is 12.9. The summed E-state index contributed by atoms with van der Waals surface area (Å²) < 4.78 is 5.22. The van der Waals surface area contributed by atoms with Crippen LogP contribution in [0.1, 0.15) is 54.4 Å². The van der Waals surface area contributed by atoms with E-state index in [0.717, 1.165) is 41.6 Å². The smallest absolute Gasteiger partial charge is 0.407 e. The van der Waals surface area contributed by atoms with E-state index in [0.29, 0.717) is 25.9 Å². The third-order valence-corrected chi connectivity index (χ3v) is 6.50. The number of phenols is 1. The molecule has 0 spiro atoms. The van der Waals surface area contributed by atoms with Crippen molar-refractivity contribution in [1.82, 2.24) is 16.0 Å². The summed E-state index contributed by atoms with van der Waals surface area (Å²) in [6.07, 6.45) is 2.42. The summed E-state index contributed by atoms with van der Waals surface area (Å²) in [5, 5.41) is 18.9. The molecule has 0 saturated carbocycles. The molecule has 1 aliphatic heterocycles. The molecule has 0 aromatic heterocycles. The molecular formula is C28H37N3O5. The number of benzene rings is 2. The van der Waals surface area contributed by atoms with Gasteiger partial charge in [0.2, 0.25) is 5.91 Å². The first kappa shape index (κ1) is 27.2. The molecular weight excluding hydrogens is 458 g/mol. The van der Waals surface area contributed by atoms with Crippen LogP contribution in [0.25, 0.3) is 0 Å². The molecule has 2 atom stereocenters. The fourth-order valence-electron chi connectivity index (χ4n) is 4.46. The van der Waals surface area contributed by atoms with Crippen molar-refractivity contribution < 1.29 is 24.2 Å². The van der Waals surface area contributed by atoms with Crippen molar-refractivity contribution in [3.63, 3.8) is 0 Å². The van der Waals surface area contributed by atoms with E-state index >= 15 is 0 Å². The number of hydrogen-bond donors (Lipinski definition) is 4. The van der Waals surface area contributed by atoms with E-state index in [2.05, 4.69) is 16.0 Å². The van der Waals surface area contributed by atoms with Crippen molar-refractivity contribution in [2.75, 3.05) is 13.1 Å². The molecule has 8 heteroatoms. The number of carbonyl (C=O) groups excluding carboxylic acids is 3. The summed E-state index contributed by atoms with van der Waals surface area (Å²) in [6.45, 7) is 5.32. The lowest BCUT2D eigenvalue weighted by Gasteiger charge is -2.19. The number of hydrogen-bond acceptors (Lipinski definition) is 6. The van der Waals surface area contributed by atoms with E-state index in [1.807, 2.05) is 56.3 Å². The average molecular weight is 496 g/mol. The number of aromatic hydroxyl groups is 1. The fraction of sp³-hybridized carbons (Fsp3) is 0.464. The quantitative estimate of drug-likeness (QED) is 0.334. The zero-order valence-electron chi connectivity index (χ0n) is 21.1. The SMILES string of the molecule is Cc1cc(CNC(=O)[C@H](CCCNC(=O)OCc2ccccc2)CC(=O)[C@@H]2CCCN2)cc(C)c1O. The Morgan fingerprint density at radius 2 is 1.81 bits per heavy atom. The highest BCUT2D eigenvalue weighted by atomic mass is 16.5. The molecule has 194 valence electrons. The van der Waals surface area contributed by atoms with Crippen LogP contribution in [0, 0.1) is 19.8 Å². The van der Waals surface area contributed by atoms with Gasteiger partial charge in [-0.25, -0.2) is 4.79 Å². The van der Waals surface area contributed by atoms with E-state index in [9.17, 15) is 19.5 Å². The molecule has 8 nitrogen and oxygen atoms in total.